The van der Waals surface area contributed by atoms with Gasteiger partial charge in [-0.25, -0.2) is 9.78 Å². The Morgan fingerprint density at radius 2 is 1.94 bits per heavy atom. The van der Waals surface area contributed by atoms with E-state index in [1.54, 1.807) is 4.90 Å². The molecule has 2 aromatic heterocycles. The number of likely N-dealkylation sites (tertiary alicyclic amines) is 1. The van der Waals surface area contributed by atoms with Crippen LogP contribution in [0.2, 0.25) is 0 Å². The zero-order valence-electron chi connectivity index (χ0n) is 18.2. The van der Waals surface area contributed by atoms with Crippen molar-refractivity contribution in [3.63, 3.8) is 0 Å². The molecule has 9 nitrogen and oxygen atoms in total. The highest BCUT2D eigenvalue weighted by molar-refractivity contribution is 5.92. The molecule has 32 heavy (non-hydrogen) atoms. The monoisotopic (exact) mass is 436 g/mol. The molecular formula is C23H28N6O3. The topological polar surface area (TPSA) is 104 Å². The summed E-state index contributed by atoms with van der Waals surface area (Å²) in [5, 5.41) is 0. The van der Waals surface area contributed by atoms with E-state index in [4.69, 9.17) is 0 Å². The Balaban J connectivity index is 1.34. The average molecular weight is 437 g/mol. The van der Waals surface area contributed by atoms with E-state index in [9.17, 15) is 14.4 Å². The number of hydrogen-bond donors (Lipinski definition) is 1. The third-order valence-corrected chi connectivity index (χ3v) is 5.96. The Bertz CT molecular complexity index is 1130. The summed E-state index contributed by atoms with van der Waals surface area (Å²) in [6.07, 6.45) is 6.98. The van der Waals surface area contributed by atoms with Crippen LogP contribution in [0.3, 0.4) is 0 Å². The summed E-state index contributed by atoms with van der Waals surface area (Å²) in [7, 11) is 0. The van der Waals surface area contributed by atoms with E-state index in [1.807, 2.05) is 40.7 Å². The summed E-state index contributed by atoms with van der Waals surface area (Å²) in [5.41, 5.74) is 1.92. The van der Waals surface area contributed by atoms with Crippen molar-refractivity contribution < 1.29 is 9.59 Å². The van der Waals surface area contributed by atoms with Crippen LogP contribution in [0.25, 0.3) is 11.0 Å². The molecule has 1 aliphatic heterocycles. The van der Waals surface area contributed by atoms with Gasteiger partial charge in [-0.05, 0) is 31.4 Å². The third-order valence-electron chi connectivity index (χ3n) is 5.96. The van der Waals surface area contributed by atoms with E-state index in [0.29, 0.717) is 31.9 Å². The molecule has 1 fully saturated rings. The lowest BCUT2D eigenvalue weighted by Gasteiger charge is -2.33. The molecule has 0 radical (unpaired) electrons. The van der Waals surface area contributed by atoms with Gasteiger partial charge in [-0.2, -0.15) is 0 Å². The van der Waals surface area contributed by atoms with Gasteiger partial charge in [-0.3, -0.25) is 19.1 Å². The molecule has 4 rings (SSSR count). The maximum atomic E-state index is 12.8. The molecule has 1 aliphatic rings. The van der Waals surface area contributed by atoms with Gasteiger partial charge in [0.1, 0.15) is 5.69 Å². The van der Waals surface area contributed by atoms with E-state index in [0.717, 1.165) is 30.3 Å². The van der Waals surface area contributed by atoms with Crippen LogP contribution >= 0.6 is 0 Å². The van der Waals surface area contributed by atoms with E-state index in [-0.39, 0.29) is 30.0 Å². The van der Waals surface area contributed by atoms with E-state index in [2.05, 4.69) is 15.0 Å². The van der Waals surface area contributed by atoms with Gasteiger partial charge in [0.2, 0.25) is 5.91 Å². The molecule has 3 aromatic rings. The Morgan fingerprint density at radius 3 is 2.66 bits per heavy atom. The number of fused-ring (bicyclic) bond motifs is 1. The van der Waals surface area contributed by atoms with Crippen LogP contribution in [0.15, 0.2) is 47.7 Å². The summed E-state index contributed by atoms with van der Waals surface area (Å²) >= 11 is 0. The highest BCUT2D eigenvalue weighted by Gasteiger charge is 2.26. The van der Waals surface area contributed by atoms with E-state index in [1.165, 1.54) is 18.6 Å². The molecule has 0 spiro atoms. The molecular weight excluding hydrogens is 408 g/mol. The minimum absolute atomic E-state index is 0.0303. The summed E-state index contributed by atoms with van der Waals surface area (Å²) in [6.45, 7) is 4.11. The first-order valence-electron chi connectivity index (χ1n) is 11.1. The van der Waals surface area contributed by atoms with Gasteiger partial charge in [-0.1, -0.05) is 19.1 Å². The van der Waals surface area contributed by atoms with Crippen molar-refractivity contribution in [2.45, 2.75) is 38.6 Å². The number of para-hydroxylation sites is 2. The SMILES string of the molecule is CCCN(CCC(=O)N1CCC(n2c(=O)[nH]c3ccccc32)CC1)C(=O)c1cnccn1. The van der Waals surface area contributed by atoms with Crippen molar-refractivity contribution in [1.82, 2.24) is 29.3 Å². The zero-order valence-corrected chi connectivity index (χ0v) is 18.2. The number of carbonyl (C=O) groups is 2. The van der Waals surface area contributed by atoms with Gasteiger partial charge in [0.15, 0.2) is 0 Å². The Hall–Kier alpha value is -3.49. The van der Waals surface area contributed by atoms with Crippen LogP contribution in [0.1, 0.15) is 49.1 Å². The number of nitrogens with one attached hydrogen (secondary N) is 1. The van der Waals surface area contributed by atoms with Gasteiger partial charge >= 0.3 is 5.69 Å². The normalized spacial score (nSPS) is 14.6. The first-order chi connectivity index (χ1) is 15.6. The van der Waals surface area contributed by atoms with Crippen LogP contribution in [0.5, 0.6) is 0 Å². The molecule has 1 saturated heterocycles. The largest absolute Gasteiger partial charge is 0.342 e. The Morgan fingerprint density at radius 1 is 1.16 bits per heavy atom. The summed E-state index contributed by atoms with van der Waals surface area (Å²) in [6, 6.07) is 7.74. The number of imidazole rings is 1. The maximum absolute atomic E-state index is 12.8. The van der Waals surface area contributed by atoms with E-state index < -0.39 is 0 Å². The molecule has 1 aromatic carbocycles. The second kappa shape index (κ2) is 9.76. The van der Waals surface area contributed by atoms with Crippen LogP contribution in [0.4, 0.5) is 0 Å². The number of amides is 2. The maximum Gasteiger partial charge on any atom is 0.326 e. The fourth-order valence-corrected chi connectivity index (χ4v) is 4.36. The van der Waals surface area contributed by atoms with Gasteiger partial charge in [0.05, 0.1) is 17.2 Å². The van der Waals surface area contributed by atoms with Crippen molar-refractivity contribution in [2.24, 2.45) is 0 Å². The number of carbonyl (C=O) groups excluding carboxylic acids is 2. The average Bonchev–Trinajstić information content (AvgIpc) is 3.17. The summed E-state index contributed by atoms with van der Waals surface area (Å²) in [5.74, 6) is -0.173. The van der Waals surface area contributed by atoms with Crippen molar-refractivity contribution in [3.05, 3.63) is 59.0 Å². The van der Waals surface area contributed by atoms with Crippen molar-refractivity contribution >= 4 is 22.8 Å². The molecule has 0 atom stereocenters. The fourth-order valence-electron chi connectivity index (χ4n) is 4.36. The molecule has 9 heteroatoms. The number of H-pyrrole nitrogens is 1. The zero-order chi connectivity index (χ0) is 22.5. The minimum Gasteiger partial charge on any atom is -0.342 e. The second-order valence-corrected chi connectivity index (χ2v) is 8.06. The fraction of sp³-hybridized carbons (Fsp3) is 0.435. The predicted molar refractivity (Wildman–Crippen MR) is 120 cm³/mol. The molecule has 0 bridgehead atoms. The Labute approximate surface area is 186 Å². The lowest BCUT2D eigenvalue weighted by atomic mass is 10.0. The standard InChI is InChI=1S/C23H28N6O3/c1-2-12-28(22(31)19-16-24-10-11-25-19)15-9-21(30)27-13-7-17(8-14-27)29-20-6-4-3-5-18(20)26-23(29)32/h3-6,10-11,16-17H,2,7-9,12-15H2,1H3,(H,26,32). The molecule has 168 valence electrons. The minimum atomic E-state index is -0.204. The van der Waals surface area contributed by atoms with Crippen LogP contribution < -0.4 is 5.69 Å². The van der Waals surface area contributed by atoms with Crippen LogP contribution in [-0.4, -0.2) is 67.3 Å². The lowest BCUT2D eigenvalue weighted by Crippen LogP contribution is -2.42. The molecule has 0 unspecified atom stereocenters. The smallest absolute Gasteiger partial charge is 0.326 e. The molecule has 0 saturated carbocycles. The lowest BCUT2D eigenvalue weighted by molar-refractivity contribution is -0.132. The van der Waals surface area contributed by atoms with Gasteiger partial charge < -0.3 is 14.8 Å². The second-order valence-electron chi connectivity index (χ2n) is 8.06. The highest BCUT2D eigenvalue weighted by atomic mass is 16.2. The Kier molecular flexibility index (Phi) is 6.63. The van der Waals surface area contributed by atoms with Crippen molar-refractivity contribution in [3.8, 4) is 0 Å². The van der Waals surface area contributed by atoms with Gasteiger partial charge in [0.25, 0.3) is 5.91 Å². The number of aromatic nitrogens is 4. The molecule has 3 heterocycles. The molecule has 0 aliphatic carbocycles. The number of piperidine rings is 1. The van der Waals surface area contributed by atoms with Gasteiger partial charge in [0, 0.05) is 51.0 Å². The number of hydrogen-bond acceptors (Lipinski definition) is 5. The summed E-state index contributed by atoms with van der Waals surface area (Å²) in [4.78, 5) is 52.4. The van der Waals surface area contributed by atoms with E-state index >= 15 is 0 Å². The number of aromatic amines is 1. The van der Waals surface area contributed by atoms with Gasteiger partial charge in [-0.15, -0.1) is 0 Å². The predicted octanol–water partition coefficient (Wildman–Crippen LogP) is 2.23. The number of benzene rings is 1. The van der Waals surface area contributed by atoms with Crippen molar-refractivity contribution in [1.29, 1.82) is 0 Å². The van der Waals surface area contributed by atoms with Crippen LogP contribution in [0, 0.1) is 0 Å². The first-order valence-corrected chi connectivity index (χ1v) is 11.1. The summed E-state index contributed by atoms with van der Waals surface area (Å²) < 4.78 is 1.82. The molecule has 2 amide bonds. The number of rotatable bonds is 7. The van der Waals surface area contributed by atoms with Crippen molar-refractivity contribution in [2.75, 3.05) is 26.2 Å². The van der Waals surface area contributed by atoms with Crippen LogP contribution in [-0.2, 0) is 4.79 Å². The quantitative estimate of drug-likeness (QED) is 0.612. The molecule has 1 N–H and O–H groups in total. The third kappa shape index (κ3) is 4.56. The first kappa shape index (κ1) is 21.7. The highest BCUT2D eigenvalue weighted by Crippen LogP contribution is 2.25. The number of nitrogens with zero attached hydrogens (tertiary/aromatic N) is 5.